The molecule has 11 heteroatoms. The van der Waals surface area contributed by atoms with E-state index in [1.165, 1.54) is 0 Å². The molecular weight excluding hydrogens is 453 g/mol. The first-order valence-electron chi connectivity index (χ1n) is 12.0. The Balaban J connectivity index is 1.61. The van der Waals surface area contributed by atoms with Gasteiger partial charge in [-0.1, -0.05) is 0 Å². The molecule has 2 saturated heterocycles. The van der Waals surface area contributed by atoms with Crippen LogP contribution in [0.15, 0.2) is 24.3 Å². The first-order chi connectivity index (χ1) is 16.9. The van der Waals surface area contributed by atoms with Gasteiger partial charge in [-0.25, -0.2) is 24.1 Å². The molecule has 0 aliphatic carbocycles. The average Bonchev–Trinajstić information content (AvgIpc) is 3.22. The van der Waals surface area contributed by atoms with Crippen LogP contribution in [0.25, 0.3) is 22.6 Å². The third kappa shape index (κ3) is 4.30. The second-order valence-electron chi connectivity index (χ2n) is 8.86. The molecule has 1 atom stereocenters. The third-order valence-corrected chi connectivity index (χ3v) is 6.33. The van der Waals surface area contributed by atoms with Crippen molar-refractivity contribution in [3.8, 4) is 11.4 Å². The number of imidazole rings is 1. The fraction of sp³-hybridized carbons (Fsp3) is 0.500. The van der Waals surface area contributed by atoms with E-state index < -0.39 is 5.67 Å². The molecule has 0 bridgehead atoms. The molecule has 10 nitrogen and oxygen atoms in total. The van der Waals surface area contributed by atoms with Crippen molar-refractivity contribution in [1.82, 2.24) is 24.8 Å². The van der Waals surface area contributed by atoms with Crippen molar-refractivity contribution in [1.29, 1.82) is 0 Å². The van der Waals surface area contributed by atoms with Gasteiger partial charge in [0.15, 0.2) is 28.6 Å². The summed E-state index contributed by atoms with van der Waals surface area (Å²) in [4.78, 5) is 28.5. The Kier molecular flexibility index (Phi) is 6.28. The number of urea groups is 1. The summed E-state index contributed by atoms with van der Waals surface area (Å²) in [6.07, 6.45) is 0. The lowest BCUT2D eigenvalue weighted by Gasteiger charge is -2.34. The zero-order valence-electron chi connectivity index (χ0n) is 20.2. The summed E-state index contributed by atoms with van der Waals surface area (Å²) in [5.41, 5.74) is 0.986. The molecule has 2 fully saturated rings. The molecule has 35 heavy (non-hydrogen) atoms. The number of aromatic nitrogens is 4. The van der Waals surface area contributed by atoms with Gasteiger partial charge in [0, 0.05) is 30.9 Å². The van der Waals surface area contributed by atoms with Gasteiger partial charge in [0.05, 0.1) is 32.5 Å². The zero-order valence-corrected chi connectivity index (χ0v) is 20.2. The number of benzene rings is 1. The molecule has 0 saturated carbocycles. The molecular formula is C24H30FN7O3. The number of carbonyl (C=O) groups excluding carboxylic acids is 1. The van der Waals surface area contributed by atoms with E-state index in [1.54, 1.807) is 12.1 Å². The summed E-state index contributed by atoms with van der Waals surface area (Å²) < 4.78 is 28.1. The molecule has 1 aromatic carbocycles. The molecule has 0 unspecified atom stereocenters. The molecule has 5 rings (SSSR count). The highest BCUT2D eigenvalue weighted by Crippen LogP contribution is 2.38. The lowest BCUT2D eigenvalue weighted by molar-refractivity contribution is -0.141. The Morgan fingerprint density at radius 1 is 1.17 bits per heavy atom. The van der Waals surface area contributed by atoms with Crippen LogP contribution >= 0.6 is 0 Å². The maximum Gasteiger partial charge on any atom is 0.319 e. The molecule has 2 aliphatic rings. The number of fused-ring (bicyclic) bond motifs is 1. The lowest BCUT2D eigenvalue weighted by atomic mass is 10.0. The van der Waals surface area contributed by atoms with Crippen molar-refractivity contribution >= 4 is 28.7 Å². The van der Waals surface area contributed by atoms with Crippen LogP contribution in [0.5, 0.6) is 0 Å². The van der Waals surface area contributed by atoms with Crippen LogP contribution in [0, 0.1) is 0 Å². The molecule has 0 radical (unpaired) electrons. The summed E-state index contributed by atoms with van der Waals surface area (Å²) in [5, 5.41) is 5.50. The zero-order chi connectivity index (χ0) is 24.6. The highest BCUT2D eigenvalue weighted by molar-refractivity contribution is 5.90. The average molecular weight is 484 g/mol. The maximum absolute atomic E-state index is 15.5. The largest absolute Gasteiger partial charge is 0.377 e. The Labute approximate surface area is 202 Å². The van der Waals surface area contributed by atoms with Crippen LogP contribution in [0.3, 0.4) is 0 Å². The molecule has 4 heterocycles. The van der Waals surface area contributed by atoms with Crippen LogP contribution in [0.4, 0.5) is 20.7 Å². The molecule has 3 aromatic rings. The number of carbonyl (C=O) groups is 1. The topological polar surface area (TPSA) is 106 Å². The van der Waals surface area contributed by atoms with E-state index in [4.69, 9.17) is 24.4 Å². The Hall–Kier alpha value is -3.31. The van der Waals surface area contributed by atoms with Crippen LogP contribution in [-0.2, 0) is 21.7 Å². The summed E-state index contributed by atoms with van der Waals surface area (Å²) in [7, 11) is 0. The number of aryl methyl sites for hydroxylation is 1. The number of morpholine rings is 1. The number of rotatable bonds is 6. The Morgan fingerprint density at radius 3 is 2.57 bits per heavy atom. The maximum atomic E-state index is 15.5. The first kappa shape index (κ1) is 23.4. The Morgan fingerprint density at radius 2 is 1.94 bits per heavy atom. The molecule has 0 spiro atoms. The monoisotopic (exact) mass is 483 g/mol. The van der Waals surface area contributed by atoms with Crippen molar-refractivity contribution < 1.29 is 18.7 Å². The van der Waals surface area contributed by atoms with E-state index in [0.29, 0.717) is 67.2 Å². The highest BCUT2D eigenvalue weighted by atomic mass is 19.1. The van der Waals surface area contributed by atoms with Gasteiger partial charge in [-0.05, 0) is 45.0 Å². The smallest absolute Gasteiger partial charge is 0.319 e. The van der Waals surface area contributed by atoms with E-state index in [9.17, 15) is 4.79 Å². The number of anilines is 2. The number of amides is 2. The predicted molar refractivity (Wildman–Crippen MR) is 130 cm³/mol. The molecule has 186 valence electrons. The normalized spacial score (nSPS) is 19.4. The summed E-state index contributed by atoms with van der Waals surface area (Å²) in [6.45, 7) is 8.72. The van der Waals surface area contributed by atoms with E-state index in [0.717, 1.165) is 5.56 Å². The first-order valence-corrected chi connectivity index (χ1v) is 12.0. The van der Waals surface area contributed by atoms with Crippen molar-refractivity contribution in [2.75, 3.05) is 49.7 Å². The highest BCUT2D eigenvalue weighted by Gasteiger charge is 2.46. The minimum Gasteiger partial charge on any atom is -0.377 e. The molecule has 2 aromatic heterocycles. The van der Waals surface area contributed by atoms with E-state index >= 15 is 4.39 Å². The van der Waals surface area contributed by atoms with Crippen LogP contribution < -0.4 is 15.5 Å². The van der Waals surface area contributed by atoms with Gasteiger partial charge in [0.25, 0.3) is 0 Å². The molecule has 2 N–H and O–H groups in total. The number of nitrogens with one attached hydrogen (secondary N) is 2. The minimum atomic E-state index is -1.63. The van der Waals surface area contributed by atoms with Crippen LogP contribution in [0.1, 0.15) is 26.6 Å². The lowest BCUT2D eigenvalue weighted by Crippen LogP contribution is -2.45. The van der Waals surface area contributed by atoms with Crippen LogP contribution in [0.2, 0.25) is 0 Å². The van der Waals surface area contributed by atoms with Crippen molar-refractivity contribution in [3.05, 3.63) is 30.1 Å². The number of hydrogen-bond donors (Lipinski definition) is 2. The fourth-order valence-electron chi connectivity index (χ4n) is 4.45. The summed E-state index contributed by atoms with van der Waals surface area (Å²) >= 11 is 0. The quantitative estimate of drug-likeness (QED) is 0.555. The van der Waals surface area contributed by atoms with Gasteiger partial charge < -0.3 is 29.6 Å². The fourth-order valence-corrected chi connectivity index (χ4v) is 4.45. The van der Waals surface area contributed by atoms with Crippen molar-refractivity contribution in [2.24, 2.45) is 0 Å². The third-order valence-electron chi connectivity index (χ3n) is 6.33. The second kappa shape index (κ2) is 9.38. The number of alkyl halides is 1. The SMILES string of the molecule is CCNC(=O)Nc1ccc(-c2nc(N3CCOC[C@@H]3C)c3nc(C4(F)COC4)n(CC)c3n2)cc1. The number of nitrogens with zero attached hydrogens (tertiary/aromatic N) is 5. The predicted octanol–water partition coefficient (Wildman–Crippen LogP) is 3.07. The van der Waals surface area contributed by atoms with Crippen molar-refractivity contribution in [2.45, 2.75) is 39.0 Å². The summed E-state index contributed by atoms with van der Waals surface area (Å²) in [5.74, 6) is 1.51. The second-order valence-corrected chi connectivity index (χ2v) is 8.86. The number of hydrogen-bond acceptors (Lipinski definition) is 7. The van der Waals surface area contributed by atoms with Crippen molar-refractivity contribution in [3.63, 3.8) is 0 Å². The summed E-state index contributed by atoms with van der Waals surface area (Å²) in [6, 6.07) is 7.15. The van der Waals surface area contributed by atoms with Crippen LogP contribution in [-0.4, -0.2) is 71.1 Å². The van der Waals surface area contributed by atoms with Gasteiger partial charge in [-0.3, -0.25) is 0 Å². The standard InChI is InChI=1S/C24H30FN7O3/c1-4-26-23(33)27-17-8-6-16(7-9-17)19-29-20-18(21(30-19)32-10-11-34-12-15(32)3)28-22(31(20)5-2)24(25)13-35-14-24/h6-9,15H,4-5,10-14H2,1-3H3,(H2,26,27,33)/t15-/m0/s1. The van der Waals surface area contributed by atoms with E-state index in [2.05, 4.69) is 22.5 Å². The minimum absolute atomic E-state index is 0.0139. The number of halogens is 1. The Bertz CT molecular complexity index is 1230. The number of ether oxygens (including phenoxy) is 2. The van der Waals surface area contributed by atoms with Gasteiger partial charge in [0.2, 0.25) is 5.67 Å². The molecule has 2 amide bonds. The van der Waals surface area contributed by atoms with Gasteiger partial charge in [-0.2, -0.15) is 0 Å². The van der Waals surface area contributed by atoms with Gasteiger partial charge >= 0.3 is 6.03 Å². The van der Waals surface area contributed by atoms with Gasteiger partial charge in [0.1, 0.15) is 0 Å². The van der Waals surface area contributed by atoms with E-state index in [1.807, 2.05) is 30.5 Å². The van der Waals surface area contributed by atoms with Gasteiger partial charge in [-0.15, -0.1) is 0 Å². The molecule has 2 aliphatic heterocycles. The van der Waals surface area contributed by atoms with E-state index in [-0.39, 0.29) is 25.3 Å².